The van der Waals surface area contributed by atoms with Gasteiger partial charge in [0, 0.05) is 24.9 Å². The molecule has 1 amide bonds. The summed E-state index contributed by atoms with van der Waals surface area (Å²) in [4.78, 5) is 18.8. The minimum atomic E-state index is -0.710. The van der Waals surface area contributed by atoms with E-state index in [-0.39, 0.29) is 11.8 Å². The van der Waals surface area contributed by atoms with E-state index in [1.54, 1.807) is 0 Å². The number of hydrogen-bond acceptors (Lipinski definition) is 5. The zero-order chi connectivity index (χ0) is 14.2. The standard InChI is InChI=1S/C14H20N4O3/c19-13(14-20-6-7-21-14)18-5-1-2-10(8-18)12-15-11(16-17-12)9-3-4-9/h9-10,14H,1-8H2,(H,15,16,17). The molecule has 2 aliphatic heterocycles. The van der Waals surface area contributed by atoms with Crippen molar-refractivity contribution < 1.29 is 14.3 Å². The number of nitrogens with zero attached hydrogens (tertiary/aromatic N) is 3. The van der Waals surface area contributed by atoms with Gasteiger partial charge >= 0.3 is 0 Å². The van der Waals surface area contributed by atoms with Gasteiger partial charge in [-0.2, -0.15) is 5.10 Å². The molecule has 114 valence electrons. The predicted octanol–water partition coefficient (Wildman–Crippen LogP) is 0.761. The quantitative estimate of drug-likeness (QED) is 0.889. The molecule has 7 heteroatoms. The van der Waals surface area contributed by atoms with Crippen LogP contribution in [0.3, 0.4) is 0 Å². The summed E-state index contributed by atoms with van der Waals surface area (Å²) >= 11 is 0. The Morgan fingerprint density at radius 3 is 2.76 bits per heavy atom. The average Bonchev–Trinajstić information content (AvgIpc) is 3.05. The van der Waals surface area contributed by atoms with Crippen LogP contribution in [0.4, 0.5) is 0 Å². The van der Waals surface area contributed by atoms with Gasteiger partial charge in [0.2, 0.25) is 6.29 Å². The molecule has 1 unspecified atom stereocenters. The maximum absolute atomic E-state index is 12.3. The molecule has 3 aliphatic rings. The van der Waals surface area contributed by atoms with Gasteiger partial charge in [0.15, 0.2) is 5.82 Å². The van der Waals surface area contributed by atoms with Crippen molar-refractivity contribution in [1.29, 1.82) is 0 Å². The molecule has 7 nitrogen and oxygen atoms in total. The van der Waals surface area contributed by atoms with E-state index in [0.717, 1.165) is 31.0 Å². The highest BCUT2D eigenvalue weighted by Crippen LogP contribution is 2.38. The first kappa shape index (κ1) is 13.2. The van der Waals surface area contributed by atoms with Gasteiger partial charge in [-0.3, -0.25) is 9.89 Å². The van der Waals surface area contributed by atoms with Crippen molar-refractivity contribution in [3.8, 4) is 0 Å². The van der Waals surface area contributed by atoms with E-state index in [4.69, 9.17) is 9.47 Å². The zero-order valence-electron chi connectivity index (χ0n) is 12.0. The molecule has 1 N–H and O–H groups in total. The topological polar surface area (TPSA) is 80.3 Å². The number of hydrogen-bond donors (Lipinski definition) is 1. The van der Waals surface area contributed by atoms with Gasteiger partial charge in [-0.15, -0.1) is 0 Å². The van der Waals surface area contributed by atoms with Crippen molar-refractivity contribution in [1.82, 2.24) is 20.1 Å². The van der Waals surface area contributed by atoms with Crippen LogP contribution in [0.2, 0.25) is 0 Å². The highest BCUT2D eigenvalue weighted by molar-refractivity contribution is 5.80. The molecule has 0 spiro atoms. The van der Waals surface area contributed by atoms with Gasteiger partial charge < -0.3 is 14.4 Å². The van der Waals surface area contributed by atoms with E-state index in [1.807, 2.05) is 4.90 Å². The van der Waals surface area contributed by atoms with Gasteiger partial charge in [-0.05, 0) is 25.7 Å². The summed E-state index contributed by atoms with van der Waals surface area (Å²) in [5, 5.41) is 7.41. The molecule has 21 heavy (non-hydrogen) atoms. The lowest BCUT2D eigenvalue weighted by Gasteiger charge is -2.32. The first-order valence-electron chi connectivity index (χ1n) is 7.75. The van der Waals surface area contributed by atoms with Crippen LogP contribution < -0.4 is 0 Å². The van der Waals surface area contributed by atoms with E-state index >= 15 is 0 Å². The Hall–Kier alpha value is -1.47. The lowest BCUT2D eigenvalue weighted by atomic mass is 9.97. The Morgan fingerprint density at radius 1 is 1.19 bits per heavy atom. The van der Waals surface area contributed by atoms with Gasteiger partial charge in [0.05, 0.1) is 13.2 Å². The Labute approximate surface area is 123 Å². The van der Waals surface area contributed by atoms with Crippen molar-refractivity contribution in [2.45, 2.75) is 43.8 Å². The Balaban J connectivity index is 1.42. The third-order valence-corrected chi connectivity index (χ3v) is 4.41. The Bertz CT molecular complexity index is 522. The van der Waals surface area contributed by atoms with Crippen LogP contribution in [0.1, 0.15) is 49.2 Å². The molecular formula is C14H20N4O3. The number of aromatic nitrogens is 3. The lowest BCUT2D eigenvalue weighted by Crippen LogP contribution is -2.44. The summed E-state index contributed by atoms with van der Waals surface area (Å²) in [5.74, 6) is 2.59. The number of likely N-dealkylation sites (tertiary alicyclic amines) is 1. The van der Waals surface area contributed by atoms with Gasteiger partial charge in [0.25, 0.3) is 5.91 Å². The first-order valence-corrected chi connectivity index (χ1v) is 7.75. The average molecular weight is 292 g/mol. The number of rotatable bonds is 3. The second-order valence-corrected chi connectivity index (χ2v) is 6.05. The number of amides is 1. The molecule has 2 saturated heterocycles. The van der Waals surface area contributed by atoms with E-state index in [9.17, 15) is 4.79 Å². The monoisotopic (exact) mass is 292 g/mol. The van der Waals surface area contributed by atoms with Gasteiger partial charge in [-0.25, -0.2) is 4.98 Å². The van der Waals surface area contributed by atoms with E-state index < -0.39 is 6.29 Å². The fourth-order valence-corrected chi connectivity index (χ4v) is 3.05. The minimum Gasteiger partial charge on any atom is -0.342 e. The highest BCUT2D eigenvalue weighted by atomic mass is 16.7. The molecular weight excluding hydrogens is 272 g/mol. The third-order valence-electron chi connectivity index (χ3n) is 4.41. The third kappa shape index (κ3) is 2.67. The molecule has 1 atom stereocenters. The van der Waals surface area contributed by atoms with E-state index in [0.29, 0.717) is 25.7 Å². The van der Waals surface area contributed by atoms with Crippen molar-refractivity contribution in [3.05, 3.63) is 11.6 Å². The summed E-state index contributed by atoms with van der Waals surface area (Å²) in [6.45, 7) is 2.42. The van der Waals surface area contributed by atoms with Crippen LogP contribution in [0.5, 0.6) is 0 Å². The van der Waals surface area contributed by atoms with Crippen LogP contribution in [0, 0.1) is 0 Å². The van der Waals surface area contributed by atoms with Crippen molar-refractivity contribution in [3.63, 3.8) is 0 Å². The molecule has 1 aromatic rings. The summed E-state index contributed by atoms with van der Waals surface area (Å²) in [7, 11) is 0. The molecule has 3 heterocycles. The number of H-pyrrole nitrogens is 1. The number of nitrogens with one attached hydrogen (secondary N) is 1. The fraction of sp³-hybridized carbons (Fsp3) is 0.786. The molecule has 0 aromatic carbocycles. The number of carbonyl (C=O) groups is 1. The SMILES string of the molecule is O=C(C1OCCO1)N1CCCC(c2n[nH]c(C3CC3)n2)C1. The normalized spacial score (nSPS) is 27.2. The second-order valence-electron chi connectivity index (χ2n) is 6.05. The van der Waals surface area contributed by atoms with Crippen molar-refractivity contribution >= 4 is 5.91 Å². The highest BCUT2D eigenvalue weighted by Gasteiger charge is 2.34. The van der Waals surface area contributed by atoms with Crippen LogP contribution in [-0.2, 0) is 14.3 Å². The van der Waals surface area contributed by atoms with E-state index in [1.165, 1.54) is 12.8 Å². The largest absolute Gasteiger partial charge is 0.342 e. The van der Waals surface area contributed by atoms with Crippen LogP contribution in [-0.4, -0.2) is 58.6 Å². The van der Waals surface area contributed by atoms with Crippen LogP contribution in [0.15, 0.2) is 0 Å². The lowest BCUT2D eigenvalue weighted by molar-refractivity contribution is -0.159. The van der Waals surface area contributed by atoms with Crippen molar-refractivity contribution in [2.75, 3.05) is 26.3 Å². The second kappa shape index (κ2) is 5.38. The smallest absolute Gasteiger partial charge is 0.279 e. The molecule has 0 radical (unpaired) electrons. The number of carbonyl (C=O) groups excluding carboxylic acids is 1. The number of piperidine rings is 1. The molecule has 4 rings (SSSR count). The Morgan fingerprint density at radius 2 is 2.00 bits per heavy atom. The predicted molar refractivity (Wildman–Crippen MR) is 72.6 cm³/mol. The first-order chi connectivity index (χ1) is 10.3. The Kier molecular flexibility index (Phi) is 3.39. The summed E-state index contributed by atoms with van der Waals surface area (Å²) in [5.41, 5.74) is 0. The minimum absolute atomic E-state index is 0.0600. The van der Waals surface area contributed by atoms with Gasteiger partial charge in [0.1, 0.15) is 5.82 Å². The number of ether oxygens (including phenoxy) is 2. The van der Waals surface area contributed by atoms with Gasteiger partial charge in [-0.1, -0.05) is 0 Å². The summed E-state index contributed by atoms with van der Waals surface area (Å²) < 4.78 is 10.6. The number of aromatic amines is 1. The van der Waals surface area contributed by atoms with E-state index in [2.05, 4.69) is 15.2 Å². The maximum Gasteiger partial charge on any atom is 0.279 e. The fourth-order valence-electron chi connectivity index (χ4n) is 3.05. The van der Waals surface area contributed by atoms with Crippen LogP contribution >= 0.6 is 0 Å². The van der Waals surface area contributed by atoms with Crippen LogP contribution in [0.25, 0.3) is 0 Å². The molecule has 0 bridgehead atoms. The summed E-state index contributed by atoms with van der Waals surface area (Å²) in [6.07, 6.45) is 3.70. The molecule has 3 fully saturated rings. The molecule has 1 saturated carbocycles. The maximum atomic E-state index is 12.3. The molecule has 1 aromatic heterocycles. The molecule has 1 aliphatic carbocycles. The van der Waals surface area contributed by atoms with Crippen molar-refractivity contribution in [2.24, 2.45) is 0 Å². The zero-order valence-corrected chi connectivity index (χ0v) is 12.0. The summed E-state index contributed by atoms with van der Waals surface area (Å²) in [6, 6.07) is 0.